The zero-order valence-electron chi connectivity index (χ0n) is 10.5. The maximum Gasteiger partial charge on any atom is 0.250 e. The molecule has 0 rings (SSSR count). The summed E-state index contributed by atoms with van der Waals surface area (Å²) < 4.78 is 5.97. The summed E-state index contributed by atoms with van der Waals surface area (Å²) in [6.07, 6.45) is 1.78. The van der Waals surface area contributed by atoms with Gasteiger partial charge in [0.25, 0.3) is 0 Å². The summed E-state index contributed by atoms with van der Waals surface area (Å²) in [4.78, 5) is 0. The lowest BCUT2D eigenvalue weighted by Crippen LogP contribution is -2.40. The minimum atomic E-state index is -1.70. The number of hydrogen-bond donors (Lipinski definition) is 1. The minimum absolute atomic E-state index is 0.220. The highest BCUT2D eigenvalue weighted by Crippen LogP contribution is 2.37. The van der Waals surface area contributed by atoms with Crippen molar-refractivity contribution >= 4 is 14.0 Å². The third-order valence-electron chi connectivity index (χ3n) is 2.64. The Balaban J connectivity index is 4.60. The van der Waals surface area contributed by atoms with Crippen molar-refractivity contribution < 1.29 is 4.43 Å². The van der Waals surface area contributed by atoms with Crippen LogP contribution >= 0.6 is 0 Å². The number of rotatable bonds is 3. The molecule has 0 aromatic rings. The molecular weight excluding hydrogens is 190 g/mol. The molecule has 0 radical (unpaired) electrons. The molecule has 0 bridgehead atoms. The average Bonchev–Trinajstić information content (AvgIpc) is 1.79. The van der Waals surface area contributed by atoms with E-state index in [4.69, 9.17) is 9.84 Å². The normalized spacial score (nSPS) is 14.1. The summed E-state index contributed by atoms with van der Waals surface area (Å²) in [5, 5.41) is 7.57. The average molecular weight is 213 g/mol. The van der Waals surface area contributed by atoms with Gasteiger partial charge in [-0.05, 0) is 38.1 Å². The first kappa shape index (κ1) is 13.4. The molecule has 0 saturated heterocycles. The summed E-state index contributed by atoms with van der Waals surface area (Å²) in [5.74, 6) is 0.865. The first-order chi connectivity index (χ1) is 6.06. The highest BCUT2D eigenvalue weighted by molar-refractivity contribution is 6.74. The van der Waals surface area contributed by atoms with Gasteiger partial charge in [0.1, 0.15) is 0 Å². The maximum atomic E-state index is 7.35. The number of nitrogens with one attached hydrogen (secondary N) is 1. The summed E-state index contributed by atoms with van der Waals surface area (Å²) in [6, 6.07) is 0. The Morgan fingerprint density at radius 2 is 1.64 bits per heavy atom. The smallest absolute Gasteiger partial charge is 0.250 e. The van der Waals surface area contributed by atoms with E-state index < -0.39 is 8.32 Å². The van der Waals surface area contributed by atoms with E-state index in [0.717, 1.165) is 5.76 Å². The van der Waals surface area contributed by atoms with Crippen molar-refractivity contribution in [2.24, 2.45) is 0 Å². The van der Waals surface area contributed by atoms with Gasteiger partial charge in [-0.1, -0.05) is 20.8 Å². The molecule has 0 aromatic carbocycles. The molecule has 0 aliphatic heterocycles. The zero-order valence-corrected chi connectivity index (χ0v) is 11.5. The standard InChI is InChI=1S/C11H23NOSi/c1-9(12)8-10(2)13-14(6,7)11(3,4)5/h8,12H,1-7H3/b10-8-,12-9?. The Bertz CT molecular complexity index is 249. The summed E-state index contributed by atoms with van der Waals surface area (Å²) >= 11 is 0. The van der Waals surface area contributed by atoms with Crippen molar-refractivity contribution in [3.8, 4) is 0 Å². The van der Waals surface area contributed by atoms with Crippen molar-refractivity contribution in [2.45, 2.75) is 52.8 Å². The molecule has 0 fully saturated rings. The molecule has 14 heavy (non-hydrogen) atoms. The molecule has 0 unspecified atom stereocenters. The Hall–Kier alpha value is -0.573. The fourth-order valence-corrected chi connectivity index (χ4v) is 2.06. The van der Waals surface area contributed by atoms with Gasteiger partial charge in [0.15, 0.2) is 0 Å². The first-order valence-electron chi connectivity index (χ1n) is 4.99. The molecule has 2 nitrogen and oxygen atoms in total. The lowest BCUT2D eigenvalue weighted by Gasteiger charge is -2.36. The molecule has 0 aliphatic carbocycles. The fraction of sp³-hybridized carbons (Fsp3) is 0.727. The Morgan fingerprint density at radius 3 is 1.93 bits per heavy atom. The lowest BCUT2D eigenvalue weighted by molar-refractivity contribution is 0.387. The highest BCUT2D eigenvalue weighted by atomic mass is 28.4. The molecule has 0 heterocycles. The van der Waals surface area contributed by atoms with Crippen LogP contribution in [0.4, 0.5) is 0 Å². The Labute approximate surface area is 89.0 Å². The van der Waals surface area contributed by atoms with Crippen molar-refractivity contribution in [1.82, 2.24) is 0 Å². The summed E-state index contributed by atoms with van der Waals surface area (Å²) in [7, 11) is -1.70. The van der Waals surface area contributed by atoms with E-state index in [2.05, 4.69) is 33.9 Å². The van der Waals surface area contributed by atoms with Gasteiger partial charge >= 0.3 is 0 Å². The molecular formula is C11H23NOSi. The van der Waals surface area contributed by atoms with Crippen LogP contribution in [-0.4, -0.2) is 14.0 Å². The van der Waals surface area contributed by atoms with Crippen LogP contribution in [0, 0.1) is 5.41 Å². The van der Waals surface area contributed by atoms with Gasteiger partial charge in [0.2, 0.25) is 8.32 Å². The SMILES string of the molecule is CC(=N)/C=C(/C)O[Si](C)(C)C(C)(C)C. The Kier molecular flexibility index (Phi) is 4.12. The van der Waals surface area contributed by atoms with Gasteiger partial charge < -0.3 is 9.84 Å². The molecule has 0 amide bonds. The van der Waals surface area contributed by atoms with Crippen LogP contribution in [0.2, 0.25) is 18.1 Å². The number of allylic oxidation sites excluding steroid dienone is 2. The van der Waals surface area contributed by atoms with Crippen LogP contribution in [0.3, 0.4) is 0 Å². The van der Waals surface area contributed by atoms with Crippen LogP contribution in [0.5, 0.6) is 0 Å². The fourth-order valence-electron chi connectivity index (χ4n) is 0.890. The topological polar surface area (TPSA) is 33.1 Å². The molecule has 3 heteroatoms. The van der Waals surface area contributed by atoms with Crippen LogP contribution < -0.4 is 0 Å². The summed E-state index contributed by atoms with van der Waals surface area (Å²) in [5.41, 5.74) is 0.543. The van der Waals surface area contributed by atoms with E-state index in [1.54, 1.807) is 13.0 Å². The van der Waals surface area contributed by atoms with Crippen molar-refractivity contribution in [1.29, 1.82) is 5.41 Å². The zero-order chi connectivity index (χ0) is 11.6. The van der Waals surface area contributed by atoms with Crippen LogP contribution in [-0.2, 0) is 4.43 Å². The molecule has 82 valence electrons. The monoisotopic (exact) mass is 213 g/mol. The molecule has 0 saturated carbocycles. The second-order valence-electron chi connectivity index (χ2n) is 5.30. The number of hydrogen-bond acceptors (Lipinski definition) is 2. The van der Waals surface area contributed by atoms with E-state index in [-0.39, 0.29) is 5.04 Å². The highest BCUT2D eigenvalue weighted by Gasteiger charge is 2.38. The van der Waals surface area contributed by atoms with Crippen LogP contribution in [0.1, 0.15) is 34.6 Å². The quantitative estimate of drug-likeness (QED) is 0.430. The largest absolute Gasteiger partial charge is 0.547 e. The van der Waals surface area contributed by atoms with E-state index in [9.17, 15) is 0 Å². The predicted octanol–water partition coefficient (Wildman–Crippen LogP) is 3.95. The minimum Gasteiger partial charge on any atom is -0.547 e. The molecule has 1 N–H and O–H groups in total. The molecule has 0 aliphatic rings. The van der Waals surface area contributed by atoms with E-state index in [0.29, 0.717) is 5.71 Å². The lowest BCUT2D eigenvalue weighted by atomic mass is 10.2. The van der Waals surface area contributed by atoms with Gasteiger partial charge in [-0.15, -0.1) is 0 Å². The van der Waals surface area contributed by atoms with E-state index >= 15 is 0 Å². The van der Waals surface area contributed by atoms with Crippen molar-refractivity contribution in [3.05, 3.63) is 11.8 Å². The van der Waals surface area contributed by atoms with Crippen molar-refractivity contribution in [2.75, 3.05) is 0 Å². The van der Waals surface area contributed by atoms with Crippen LogP contribution in [0.25, 0.3) is 0 Å². The Morgan fingerprint density at radius 1 is 1.21 bits per heavy atom. The summed E-state index contributed by atoms with van der Waals surface area (Å²) in [6.45, 7) is 14.8. The van der Waals surface area contributed by atoms with Gasteiger partial charge in [0, 0.05) is 5.71 Å². The van der Waals surface area contributed by atoms with Gasteiger partial charge in [-0.2, -0.15) is 0 Å². The third kappa shape index (κ3) is 4.09. The third-order valence-corrected chi connectivity index (χ3v) is 7.09. The predicted molar refractivity (Wildman–Crippen MR) is 65.4 cm³/mol. The maximum absolute atomic E-state index is 7.35. The second-order valence-corrected chi connectivity index (χ2v) is 10.0. The van der Waals surface area contributed by atoms with Gasteiger partial charge in [-0.25, -0.2) is 0 Å². The molecule has 0 spiro atoms. The first-order valence-corrected chi connectivity index (χ1v) is 7.89. The molecule has 0 aromatic heterocycles. The van der Waals surface area contributed by atoms with E-state index in [1.165, 1.54) is 0 Å². The van der Waals surface area contributed by atoms with E-state index in [1.807, 2.05) is 6.92 Å². The van der Waals surface area contributed by atoms with Gasteiger partial charge in [0.05, 0.1) is 5.76 Å². The van der Waals surface area contributed by atoms with Crippen LogP contribution in [0.15, 0.2) is 11.8 Å². The molecule has 0 atom stereocenters. The van der Waals surface area contributed by atoms with Crippen molar-refractivity contribution in [3.63, 3.8) is 0 Å². The second kappa shape index (κ2) is 4.30. The van der Waals surface area contributed by atoms with Gasteiger partial charge in [-0.3, -0.25) is 0 Å².